The third-order valence-electron chi connectivity index (χ3n) is 4.12. The molecule has 1 unspecified atom stereocenters. The molecule has 0 aromatic heterocycles. The molecule has 84 valence electrons. The van der Waals surface area contributed by atoms with Gasteiger partial charge < -0.3 is 10.2 Å². The summed E-state index contributed by atoms with van der Waals surface area (Å²) in [4.78, 5) is 11.2. The summed E-state index contributed by atoms with van der Waals surface area (Å²) in [6.07, 6.45) is 3.22. The molecule has 2 aliphatic carbocycles. The minimum Gasteiger partial charge on any atom is -0.508 e. The number of hydrogen-bond acceptors (Lipinski definition) is 2. The SMILES string of the molecule is O=C(O)C1CCc2c(O)cccc2C12CC2. The first kappa shape index (κ1) is 9.70. The number of rotatable bonds is 1. The molecular formula is C13H14O3. The Morgan fingerprint density at radius 3 is 2.75 bits per heavy atom. The summed E-state index contributed by atoms with van der Waals surface area (Å²) in [5.74, 6) is -0.624. The normalized spacial score (nSPS) is 25.1. The van der Waals surface area contributed by atoms with E-state index in [1.165, 1.54) is 0 Å². The number of aromatic hydroxyl groups is 1. The van der Waals surface area contributed by atoms with E-state index in [0.29, 0.717) is 18.6 Å². The summed E-state index contributed by atoms with van der Waals surface area (Å²) < 4.78 is 0. The van der Waals surface area contributed by atoms with Gasteiger partial charge >= 0.3 is 5.97 Å². The highest BCUT2D eigenvalue weighted by Crippen LogP contribution is 2.59. The van der Waals surface area contributed by atoms with Crippen LogP contribution in [0.3, 0.4) is 0 Å². The molecule has 0 amide bonds. The number of phenolic OH excluding ortho intramolecular Hbond substituents is 1. The number of benzene rings is 1. The highest BCUT2D eigenvalue weighted by Gasteiger charge is 2.56. The van der Waals surface area contributed by atoms with Gasteiger partial charge in [0.15, 0.2) is 0 Å². The Kier molecular flexibility index (Phi) is 1.82. The molecule has 2 N–H and O–H groups in total. The fourth-order valence-corrected chi connectivity index (χ4v) is 3.17. The number of carbonyl (C=O) groups is 1. The molecule has 3 heteroatoms. The Hall–Kier alpha value is -1.51. The second-order valence-corrected chi connectivity index (χ2v) is 4.89. The number of aliphatic carboxylic acids is 1. The first-order valence-corrected chi connectivity index (χ1v) is 5.69. The molecule has 3 rings (SSSR count). The second-order valence-electron chi connectivity index (χ2n) is 4.89. The van der Waals surface area contributed by atoms with Gasteiger partial charge in [-0.3, -0.25) is 4.79 Å². The molecule has 1 aromatic carbocycles. The zero-order chi connectivity index (χ0) is 11.3. The van der Waals surface area contributed by atoms with Crippen molar-refractivity contribution in [3.63, 3.8) is 0 Å². The van der Waals surface area contributed by atoms with Crippen LogP contribution in [0.4, 0.5) is 0 Å². The van der Waals surface area contributed by atoms with Crippen LogP contribution >= 0.6 is 0 Å². The molecular weight excluding hydrogens is 204 g/mol. The Balaban J connectivity index is 2.13. The van der Waals surface area contributed by atoms with Gasteiger partial charge in [-0.1, -0.05) is 12.1 Å². The molecule has 0 radical (unpaired) electrons. The number of hydrogen-bond donors (Lipinski definition) is 2. The van der Waals surface area contributed by atoms with Crippen LogP contribution in [0.25, 0.3) is 0 Å². The molecule has 3 nitrogen and oxygen atoms in total. The third kappa shape index (κ3) is 1.11. The summed E-state index contributed by atoms with van der Waals surface area (Å²) in [7, 11) is 0. The fourth-order valence-electron chi connectivity index (χ4n) is 3.17. The Labute approximate surface area is 93.7 Å². The van der Waals surface area contributed by atoms with Gasteiger partial charge in [-0.05, 0) is 42.9 Å². The number of carboxylic acid groups (broad SMARTS) is 1. The maximum absolute atomic E-state index is 11.2. The number of fused-ring (bicyclic) bond motifs is 2. The first-order chi connectivity index (χ1) is 7.65. The highest BCUT2D eigenvalue weighted by molar-refractivity contribution is 5.75. The third-order valence-corrected chi connectivity index (χ3v) is 4.12. The lowest BCUT2D eigenvalue weighted by Gasteiger charge is -2.31. The van der Waals surface area contributed by atoms with E-state index in [1.54, 1.807) is 6.07 Å². The molecule has 1 atom stereocenters. The van der Waals surface area contributed by atoms with Crippen molar-refractivity contribution in [3.8, 4) is 5.75 Å². The van der Waals surface area contributed by atoms with Crippen molar-refractivity contribution in [1.82, 2.24) is 0 Å². The number of carboxylic acids is 1. The Morgan fingerprint density at radius 1 is 1.38 bits per heavy atom. The molecule has 1 fully saturated rings. The van der Waals surface area contributed by atoms with E-state index in [0.717, 1.165) is 24.0 Å². The molecule has 1 spiro atoms. The predicted molar refractivity (Wildman–Crippen MR) is 58.5 cm³/mol. The maximum atomic E-state index is 11.2. The summed E-state index contributed by atoms with van der Waals surface area (Å²) in [6, 6.07) is 5.49. The van der Waals surface area contributed by atoms with Crippen LogP contribution < -0.4 is 0 Å². The lowest BCUT2D eigenvalue weighted by molar-refractivity contribution is -0.143. The van der Waals surface area contributed by atoms with Crippen molar-refractivity contribution >= 4 is 5.97 Å². The Bertz CT molecular complexity index is 460. The van der Waals surface area contributed by atoms with Crippen LogP contribution in [0.1, 0.15) is 30.4 Å². The highest BCUT2D eigenvalue weighted by atomic mass is 16.4. The van der Waals surface area contributed by atoms with Gasteiger partial charge in [0.25, 0.3) is 0 Å². The van der Waals surface area contributed by atoms with Gasteiger partial charge in [0.2, 0.25) is 0 Å². The fraction of sp³-hybridized carbons (Fsp3) is 0.462. The van der Waals surface area contributed by atoms with E-state index in [4.69, 9.17) is 0 Å². The molecule has 0 saturated heterocycles. The molecule has 2 aliphatic rings. The summed E-state index contributed by atoms with van der Waals surface area (Å²) in [5, 5.41) is 19.0. The molecule has 1 aromatic rings. The van der Waals surface area contributed by atoms with Crippen LogP contribution in [0.2, 0.25) is 0 Å². The largest absolute Gasteiger partial charge is 0.508 e. The standard InChI is InChI=1S/C13H14O3/c14-11-3-1-2-9-8(11)4-5-10(12(15)16)13(9)6-7-13/h1-3,10,14H,4-7H2,(H,15,16). The zero-order valence-electron chi connectivity index (χ0n) is 8.94. The van der Waals surface area contributed by atoms with Crippen LogP contribution in [0, 0.1) is 5.92 Å². The quantitative estimate of drug-likeness (QED) is 0.758. The minimum atomic E-state index is -0.688. The minimum absolute atomic E-state index is 0.168. The predicted octanol–water partition coefficient (Wildman–Crippen LogP) is 2.07. The van der Waals surface area contributed by atoms with Gasteiger partial charge in [-0.25, -0.2) is 0 Å². The van der Waals surface area contributed by atoms with Crippen LogP contribution in [-0.4, -0.2) is 16.2 Å². The average Bonchev–Trinajstić information content (AvgIpc) is 3.01. The van der Waals surface area contributed by atoms with E-state index in [-0.39, 0.29) is 11.3 Å². The van der Waals surface area contributed by atoms with Crippen molar-refractivity contribution < 1.29 is 15.0 Å². The van der Waals surface area contributed by atoms with E-state index in [1.807, 2.05) is 12.1 Å². The number of phenols is 1. The van der Waals surface area contributed by atoms with Crippen molar-refractivity contribution in [2.24, 2.45) is 5.92 Å². The molecule has 0 heterocycles. The second kappa shape index (κ2) is 3.00. The van der Waals surface area contributed by atoms with E-state index in [2.05, 4.69) is 0 Å². The maximum Gasteiger partial charge on any atom is 0.307 e. The topological polar surface area (TPSA) is 57.5 Å². The van der Waals surface area contributed by atoms with Crippen LogP contribution in [0.5, 0.6) is 5.75 Å². The lowest BCUT2D eigenvalue weighted by atomic mass is 9.72. The van der Waals surface area contributed by atoms with Gasteiger partial charge in [0, 0.05) is 5.41 Å². The summed E-state index contributed by atoms with van der Waals surface area (Å²) in [6.45, 7) is 0. The summed E-state index contributed by atoms with van der Waals surface area (Å²) in [5.41, 5.74) is 1.88. The van der Waals surface area contributed by atoms with Gasteiger partial charge in [-0.15, -0.1) is 0 Å². The van der Waals surface area contributed by atoms with Crippen molar-refractivity contribution in [2.45, 2.75) is 31.1 Å². The van der Waals surface area contributed by atoms with E-state index in [9.17, 15) is 15.0 Å². The van der Waals surface area contributed by atoms with Crippen LogP contribution in [0.15, 0.2) is 18.2 Å². The molecule has 0 aliphatic heterocycles. The van der Waals surface area contributed by atoms with E-state index < -0.39 is 5.97 Å². The van der Waals surface area contributed by atoms with Crippen molar-refractivity contribution in [1.29, 1.82) is 0 Å². The summed E-state index contributed by atoms with van der Waals surface area (Å²) >= 11 is 0. The van der Waals surface area contributed by atoms with Gasteiger partial charge in [0.05, 0.1) is 5.92 Å². The Morgan fingerprint density at radius 2 is 2.12 bits per heavy atom. The van der Waals surface area contributed by atoms with Crippen molar-refractivity contribution in [3.05, 3.63) is 29.3 Å². The molecule has 1 saturated carbocycles. The lowest BCUT2D eigenvalue weighted by Crippen LogP contribution is -2.33. The molecule has 16 heavy (non-hydrogen) atoms. The van der Waals surface area contributed by atoms with Gasteiger partial charge in [-0.2, -0.15) is 0 Å². The van der Waals surface area contributed by atoms with E-state index >= 15 is 0 Å². The first-order valence-electron chi connectivity index (χ1n) is 5.69. The molecule has 0 bridgehead atoms. The van der Waals surface area contributed by atoms with Crippen molar-refractivity contribution in [2.75, 3.05) is 0 Å². The van der Waals surface area contributed by atoms with Crippen LogP contribution in [-0.2, 0) is 16.6 Å². The monoisotopic (exact) mass is 218 g/mol. The van der Waals surface area contributed by atoms with Gasteiger partial charge in [0.1, 0.15) is 5.75 Å². The zero-order valence-corrected chi connectivity index (χ0v) is 8.94. The smallest absolute Gasteiger partial charge is 0.307 e. The average molecular weight is 218 g/mol.